The average molecular weight is 335 g/mol. The number of amides is 1. The van der Waals surface area contributed by atoms with E-state index in [9.17, 15) is 9.90 Å². The zero-order valence-electron chi connectivity index (χ0n) is 14.3. The van der Waals surface area contributed by atoms with E-state index in [4.69, 9.17) is 0 Å². The minimum Gasteiger partial charge on any atom is -0.495 e. The van der Waals surface area contributed by atoms with Crippen LogP contribution < -0.4 is 10.6 Å². The fraction of sp³-hybridized carbons (Fsp3) is 0.300. The van der Waals surface area contributed by atoms with Gasteiger partial charge in [0.1, 0.15) is 5.82 Å². The molecule has 1 amide bonds. The van der Waals surface area contributed by atoms with Gasteiger partial charge < -0.3 is 15.7 Å². The molecule has 5 nitrogen and oxygen atoms in total. The van der Waals surface area contributed by atoms with Crippen LogP contribution in [0.5, 0.6) is 0 Å². The van der Waals surface area contributed by atoms with Gasteiger partial charge in [-0.1, -0.05) is 12.1 Å². The topological polar surface area (TPSA) is 74.2 Å². The van der Waals surface area contributed by atoms with E-state index < -0.39 is 0 Å². The Kier molecular flexibility index (Phi) is 3.71. The van der Waals surface area contributed by atoms with Crippen molar-refractivity contribution < 1.29 is 9.90 Å². The summed E-state index contributed by atoms with van der Waals surface area (Å²) < 4.78 is 0. The Morgan fingerprint density at radius 1 is 1.28 bits per heavy atom. The number of aromatic nitrogens is 1. The number of rotatable bonds is 3. The number of hydrogen-bond donors (Lipinski definition) is 3. The van der Waals surface area contributed by atoms with Gasteiger partial charge >= 0.3 is 0 Å². The van der Waals surface area contributed by atoms with Gasteiger partial charge in [-0.15, -0.1) is 0 Å². The molecule has 4 rings (SSSR count). The number of benzene rings is 1. The number of hydrogen-bond acceptors (Lipinski definition) is 4. The number of aliphatic hydroxyl groups is 1. The van der Waals surface area contributed by atoms with Crippen LogP contribution in [0.25, 0.3) is 16.3 Å². The molecule has 0 bridgehead atoms. The summed E-state index contributed by atoms with van der Waals surface area (Å²) >= 11 is 0. The fourth-order valence-corrected chi connectivity index (χ4v) is 3.39. The highest BCUT2D eigenvalue weighted by Gasteiger charge is 2.29. The normalized spacial score (nSPS) is 20.2. The van der Waals surface area contributed by atoms with Crippen molar-refractivity contribution in [2.45, 2.75) is 32.7 Å². The zero-order chi connectivity index (χ0) is 17.6. The number of allylic oxidation sites excluding steroid dienone is 2. The molecule has 2 heterocycles. The van der Waals surface area contributed by atoms with E-state index in [1.165, 1.54) is 0 Å². The molecule has 5 heteroatoms. The summed E-state index contributed by atoms with van der Waals surface area (Å²) in [6.07, 6.45) is 5.50. The van der Waals surface area contributed by atoms with Gasteiger partial charge in [-0.2, -0.15) is 0 Å². The Bertz CT molecular complexity index is 926. The van der Waals surface area contributed by atoms with E-state index in [2.05, 4.69) is 27.8 Å². The molecule has 1 aromatic carbocycles. The van der Waals surface area contributed by atoms with Crippen molar-refractivity contribution in [1.29, 1.82) is 0 Å². The van der Waals surface area contributed by atoms with Crippen LogP contribution in [0.15, 0.2) is 48.0 Å². The molecule has 1 saturated carbocycles. The van der Waals surface area contributed by atoms with Gasteiger partial charge in [0.15, 0.2) is 5.88 Å². The number of anilines is 1. The van der Waals surface area contributed by atoms with Gasteiger partial charge in [-0.05, 0) is 60.9 Å². The first kappa shape index (κ1) is 15.7. The minimum absolute atomic E-state index is 0.0347. The van der Waals surface area contributed by atoms with E-state index in [1.807, 2.05) is 26.0 Å². The average Bonchev–Trinajstić information content (AvgIpc) is 3.39. The van der Waals surface area contributed by atoms with Crippen molar-refractivity contribution in [3.05, 3.63) is 53.6 Å². The third-order valence-corrected chi connectivity index (χ3v) is 4.81. The number of nitrogens with zero attached hydrogens (tertiary/aromatic N) is 1. The Balaban J connectivity index is 1.67. The summed E-state index contributed by atoms with van der Waals surface area (Å²) in [5.74, 6) is 1.04. The second-order valence-electron chi connectivity index (χ2n) is 6.89. The van der Waals surface area contributed by atoms with Gasteiger partial charge in [0.25, 0.3) is 0 Å². The minimum atomic E-state index is 0.0347. The molecule has 1 fully saturated rings. The first-order chi connectivity index (χ1) is 12.0. The fourth-order valence-electron chi connectivity index (χ4n) is 3.39. The molecule has 1 unspecified atom stereocenters. The molecule has 128 valence electrons. The predicted octanol–water partition coefficient (Wildman–Crippen LogP) is 3.75. The van der Waals surface area contributed by atoms with Crippen LogP contribution in [0.4, 0.5) is 5.82 Å². The van der Waals surface area contributed by atoms with Crippen LogP contribution in [0, 0.1) is 5.92 Å². The SMILES string of the molecule is CC1=C(c2ccc3cc(NC(=O)C4CC4)ncc3c2)C(C)NC(O)=C1. The lowest BCUT2D eigenvalue weighted by Crippen LogP contribution is -2.30. The number of fused-ring (bicyclic) bond motifs is 1. The van der Waals surface area contributed by atoms with Crippen molar-refractivity contribution in [2.75, 3.05) is 5.32 Å². The van der Waals surface area contributed by atoms with Crippen molar-refractivity contribution >= 4 is 28.1 Å². The van der Waals surface area contributed by atoms with Crippen LogP contribution in [-0.2, 0) is 4.79 Å². The molecule has 1 aliphatic heterocycles. The number of carbonyl (C=O) groups is 1. The van der Waals surface area contributed by atoms with Gasteiger partial charge in [-0.25, -0.2) is 4.98 Å². The van der Waals surface area contributed by atoms with Gasteiger partial charge in [-0.3, -0.25) is 4.79 Å². The summed E-state index contributed by atoms with van der Waals surface area (Å²) in [7, 11) is 0. The lowest BCUT2D eigenvalue weighted by Gasteiger charge is -2.25. The summed E-state index contributed by atoms with van der Waals surface area (Å²) in [6.45, 7) is 4.03. The van der Waals surface area contributed by atoms with Crippen molar-refractivity contribution in [1.82, 2.24) is 10.3 Å². The molecule has 1 aromatic heterocycles. The largest absolute Gasteiger partial charge is 0.495 e. The standard InChI is InChI=1S/C20H21N3O2/c1-11-7-18(24)22-12(2)19(11)15-6-5-14-9-17(21-10-16(14)8-15)23-20(25)13-3-4-13/h5-10,12-13,22,24H,3-4H2,1-2H3,(H,21,23,25). The summed E-state index contributed by atoms with van der Waals surface area (Å²) in [5.41, 5.74) is 3.31. The number of carbonyl (C=O) groups excluding carboxylic acids is 1. The maximum Gasteiger partial charge on any atom is 0.228 e. The Labute approximate surface area is 146 Å². The third kappa shape index (κ3) is 3.09. The van der Waals surface area contributed by atoms with Crippen LogP contribution in [0.3, 0.4) is 0 Å². The highest BCUT2D eigenvalue weighted by molar-refractivity contribution is 5.96. The van der Waals surface area contributed by atoms with E-state index in [1.54, 1.807) is 12.3 Å². The lowest BCUT2D eigenvalue weighted by molar-refractivity contribution is -0.117. The van der Waals surface area contributed by atoms with Crippen LogP contribution in [-0.4, -0.2) is 22.0 Å². The molecule has 2 aliphatic rings. The molecule has 0 saturated heterocycles. The van der Waals surface area contributed by atoms with Crippen LogP contribution >= 0.6 is 0 Å². The van der Waals surface area contributed by atoms with E-state index in [0.29, 0.717) is 5.82 Å². The predicted molar refractivity (Wildman–Crippen MR) is 99.0 cm³/mol. The zero-order valence-corrected chi connectivity index (χ0v) is 14.3. The summed E-state index contributed by atoms with van der Waals surface area (Å²) in [6, 6.07) is 8.16. The molecular weight excluding hydrogens is 314 g/mol. The van der Waals surface area contributed by atoms with Crippen molar-refractivity contribution in [3.8, 4) is 0 Å². The molecule has 2 aromatic rings. The molecule has 1 atom stereocenters. The number of dihydropyridines is 1. The molecule has 25 heavy (non-hydrogen) atoms. The quantitative estimate of drug-likeness (QED) is 0.799. The number of pyridine rings is 1. The number of aliphatic hydroxyl groups excluding tert-OH is 1. The van der Waals surface area contributed by atoms with E-state index in [-0.39, 0.29) is 23.8 Å². The molecular formula is C20H21N3O2. The number of nitrogens with one attached hydrogen (secondary N) is 2. The first-order valence-corrected chi connectivity index (χ1v) is 8.60. The van der Waals surface area contributed by atoms with Gasteiger partial charge in [0.2, 0.25) is 5.91 Å². The molecule has 0 radical (unpaired) electrons. The van der Waals surface area contributed by atoms with E-state index in [0.717, 1.165) is 40.3 Å². The second kappa shape index (κ2) is 5.92. The van der Waals surface area contributed by atoms with E-state index >= 15 is 0 Å². The summed E-state index contributed by atoms with van der Waals surface area (Å²) in [5, 5.41) is 17.7. The first-order valence-electron chi connectivity index (χ1n) is 8.60. The monoisotopic (exact) mass is 335 g/mol. The third-order valence-electron chi connectivity index (χ3n) is 4.81. The summed E-state index contributed by atoms with van der Waals surface area (Å²) in [4.78, 5) is 16.3. The Morgan fingerprint density at radius 2 is 2.08 bits per heavy atom. The maximum absolute atomic E-state index is 11.9. The Hall–Kier alpha value is -2.82. The van der Waals surface area contributed by atoms with Crippen molar-refractivity contribution in [2.24, 2.45) is 5.92 Å². The van der Waals surface area contributed by atoms with Crippen molar-refractivity contribution in [3.63, 3.8) is 0 Å². The second-order valence-corrected chi connectivity index (χ2v) is 6.89. The highest BCUT2D eigenvalue weighted by Crippen LogP contribution is 2.31. The van der Waals surface area contributed by atoms with Gasteiger partial charge in [0, 0.05) is 23.6 Å². The van der Waals surface area contributed by atoms with Crippen LogP contribution in [0.1, 0.15) is 32.3 Å². The van der Waals surface area contributed by atoms with Crippen LogP contribution in [0.2, 0.25) is 0 Å². The Morgan fingerprint density at radius 3 is 2.80 bits per heavy atom. The highest BCUT2D eigenvalue weighted by atomic mass is 16.3. The molecule has 1 aliphatic carbocycles. The van der Waals surface area contributed by atoms with Gasteiger partial charge in [0.05, 0.1) is 6.04 Å². The maximum atomic E-state index is 11.9. The smallest absolute Gasteiger partial charge is 0.228 e. The lowest BCUT2D eigenvalue weighted by atomic mass is 9.91. The molecule has 0 spiro atoms. The molecule has 3 N–H and O–H groups in total.